The van der Waals surface area contributed by atoms with Gasteiger partial charge in [0.2, 0.25) is 0 Å². The van der Waals surface area contributed by atoms with Crippen LogP contribution in [0, 0.1) is 5.92 Å². The molecule has 2 fully saturated rings. The summed E-state index contributed by atoms with van der Waals surface area (Å²) in [5.41, 5.74) is 3.73. The number of hydrogen-bond acceptors (Lipinski definition) is 6. The zero-order chi connectivity index (χ0) is 24.8. The number of imide groups is 1. The van der Waals surface area contributed by atoms with Crippen molar-refractivity contribution < 1.29 is 23.9 Å². The van der Waals surface area contributed by atoms with Crippen molar-refractivity contribution in [3.05, 3.63) is 41.5 Å². The molecule has 1 saturated heterocycles. The number of ether oxygens (including phenoxy) is 1. The topological polar surface area (TPSA) is 117 Å². The molecule has 0 radical (unpaired) electrons. The van der Waals surface area contributed by atoms with Crippen molar-refractivity contribution in [2.45, 2.75) is 70.3 Å². The van der Waals surface area contributed by atoms with E-state index in [0.717, 1.165) is 32.1 Å². The number of urea groups is 1. The Bertz CT molecular complexity index is 1010. The quantitative estimate of drug-likeness (QED) is 0.296. The zero-order valence-corrected chi connectivity index (χ0v) is 20.2. The maximum Gasteiger partial charge on any atom is 0.344 e. The molecule has 3 aliphatic rings. The monoisotopic (exact) mass is 482 g/mol. The van der Waals surface area contributed by atoms with Gasteiger partial charge in [0.1, 0.15) is 5.54 Å². The van der Waals surface area contributed by atoms with E-state index in [2.05, 4.69) is 29.1 Å². The minimum absolute atomic E-state index is 0.322. The van der Waals surface area contributed by atoms with Crippen LogP contribution in [0.5, 0.6) is 0 Å². The Hall–Kier alpha value is -3.36. The number of nitrogens with one attached hydrogen (secondary N) is 3. The van der Waals surface area contributed by atoms with E-state index in [-0.39, 0.29) is 0 Å². The second kappa shape index (κ2) is 10.9. The van der Waals surface area contributed by atoms with E-state index in [1.165, 1.54) is 18.4 Å². The van der Waals surface area contributed by atoms with Gasteiger partial charge in [-0.3, -0.25) is 15.0 Å². The molecule has 1 aromatic carbocycles. The molecule has 0 unspecified atom stereocenters. The number of anilines is 1. The van der Waals surface area contributed by atoms with Crippen LogP contribution in [0.1, 0.15) is 75.1 Å². The van der Waals surface area contributed by atoms with Crippen LogP contribution < -0.4 is 16.1 Å². The number of esters is 1. The van der Waals surface area contributed by atoms with Gasteiger partial charge in [-0.05, 0) is 75.8 Å². The van der Waals surface area contributed by atoms with E-state index in [9.17, 15) is 19.2 Å². The summed E-state index contributed by atoms with van der Waals surface area (Å²) >= 11 is 0. The smallest absolute Gasteiger partial charge is 0.344 e. The number of para-hydroxylation sites is 1. The number of carbonyl (C=O) groups is 4. The highest BCUT2D eigenvalue weighted by molar-refractivity contribution is 6.08. The van der Waals surface area contributed by atoms with Crippen LogP contribution in [0.3, 0.4) is 0 Å². The molecule has 1 heterocycles. The average molecular weight is 483 g/mol. The molecule has 2 aliphatic carbocycles. The normalized spacial score (nSPS) is 24.1. The fourth-order valence-corrected chi connectivity index (χ4v) is 4.99. The van der Waals surface area contributed by atoms with Crippen LogP contribution in [0.25, 0.3) is 0 Å². The predicted octanol–water partition coefficient (Wildman–Crippen LogP) is 3.68. The third-order valence-electron chi connectivity index (χ3n) is 7.15. The molecule has 9 nitrogen and oxygen atoms in total. The van der Waals surface area contributed by atoms with Gasteiger partial charge in [-0.1, -0.05) is 30.7 Å². The molecule has 0 bridgehead atoms. The largest absolute Gasteiger partial charge is 0.452 e. The molecule has 9 heteroatoms. The molecule has 3 N–H and O–H groups in total. The fourth-order valence-electron chi connectivity index (χ4n) is 4.99. The van der Waals surface area contributed by atoms with E-state index in [4.69, 9.17) is 4.74 Å². The van der Waals surface area contributed by atoms with Crippen molar-refractivity contribution in [2.75, 3.05) is 18.5 Å². The summed E-state index contributed by atoms with van der Waals surface area (Å²) in [4.78, 5) is 50.3. The van der Waals surface area contributed by atoms with Crippen LogP contribution in [-0.2, 0) is 14.3 Å². The van der Waals surface area contributed by atoms with E-state index in [1.54, 1.807) is 18.2 Å². The van der Waals surface area contributed by atoms with Gasteiger partial charge in [0.25, 0.3) is 11.8 Å². The average Bonchev–Trinajstić information content (AvgIpc) is 3.09. The van der Waals surface area contributed by atoms with Crippen molar-refractivity contribution in [3.63, 3.8) is 0 Å². The molecular weight excluding hydrogens is 448 g/mol. The van der Waals surface area contributed by atoms with Gasteiger partial charge in [-0.2, -0.15) is 5.01 Å². The maximum absolute atomic E-state index is 12.9. The molecule has 4 amide bonds. The summed E-state index contributed by atoms with van der Waals surface area (Å²) in [7, 11) is 0. The van der Waals surface area contributed by atoms with Crippen molar-refractivity contribution in [1.29, 1.82) is 0 Å². The minimum atomic E-state index is -0.953. The van der Waals surface area contributed by atoms with Crippen LogP contribution in [-0.4, -0.2) is 47.5 Å². The highest BCUT2D eigenvalue weighted by atomic mass is 16.5. The van der Waals surface area contributed by atoms with Gasteiger partial charge in [0, 0.05) is 12.2 Å². The molecule has 35 heavy (non-hydrogen) atoms. The Kier molecular flexibility index (Phi) is 7.73. The first kappa shape index (κ1) is 24.8. The standard InChI is InChI=1S/C26H34N4O5/c1-18-11-14-26(15-12-18)24(33)30(25(34)28-26)29-22(31)17-35-23(32)20-9-5-6-10-21(20)27-16-13-19-7-3-2-4-8-19/h5-7,9-10,18,27H,2-4,8,11-17H2,1H3,(H,28,34)(H,29,31). The molecule has 188 valence electrons. The fraction of sp³-hybridized carbons (Fsp3) is 0.538. The summed E-state index contributed by atoms with van der Waals surface area (Å²) in [6.07, 6.45) is 10.7. The van der Waals surface area contributed by atoms with Gasteiger partial charge < -0.3 is 15.4 Å². The first-order chi connectivity index (χ1) is 16.9. The van der Waals surface area contributed by atoms with Gasteiger partial charge in [-0.25, -0.2) is 9.59 Å². The lowest BCUT2D eigenvalue weighted by molar-refractivity contribution is -0.141. The molecule has 0 aromatic heterocycles. The van der Waals surface area contributed by atoms with Crippen LogP contribution in [0.2, 0.25) is 0 Å². The Morgan fingerprint density at radius 1 is 1.17 bits per heavy atom. The molecule has 4 rings (SSSR count). The van der Waals surface area contributed by atoms with Gasteiger partial charge in [0.05, 0.1) is 5.56 Å². The Labute approximate surface area is 205 Å². The van der Waals surface area contributed by atoms with Crippen molar-refractivity contribution >= 4 is 29.5 Å². The number of nitrogens with zero attached hydrogens (tertiary/aromatic N) is 1. The second-order valence-electron chi connectivity index (χ2n) is 9.78. The second-order valence-corrected chi connectivity index (χ2v) is 9.78. The SMILES string of the molecule is CC1CCC2(CC1)NC(=O)N(NC(=O)COC(=O)c1ccccc1NCCC1=CCCCC1)C2=O. The molecule has 1 aliphatic heterocycles. The number of amides is 4. The number of benzene rings is 1. The minimum Gasteiger partial charge on any atom is -0.452 e. The lowest BCUT2D eigenvalue weighted by atomic mass is 9.77. The molecule has 0 atom stereocenters. The Morgan fingerprint density at radius 2 is 1.94 bits per heavy atom. The van der Waals surface area contributed by atoms with E-state index in [1.807, 2.05) is 6.07 Å². The third kappa shape index (κ3) is 5.83. The summed E-state index contributed by atoms with van der Waals surface area (Å²) in [5.74, 6) is -1.38. The lowest BCUT2D eigenvalue weighted by Gasteiger charge is -2.33. The van der Waals surface area contributed by atoms with Gasteiger partial charge in [0.15, 0.2) is 6.61 Å². The molecule has 1 saturated carbocycles. The zero-order valence-electron chi connectivity index (χ0n) is 20.2. The third-order valence-corrected chi connectivity index (χ3v) is 7.15. The Balaban J connectivity index is 1.28. The molecular formula is C26H34N4O5. The first-order valence-corrected chi connectivity index (χ1v) is 12.5. The molecule has 1 aromatic rings. The highest BCUT2D eigenvalue weighted by Crippen LogP contribution is 2.35. The number of hydrazine groups is 1. The predicted molar refractivity (Wildman–Crippen MR) is 130 cm³/mol. The van der Waals surface area contributed by atoms with Gasteiger partial charge in [-0.15, -0.1) is 0 Å². The number of carbonyl (C=O) groups excluding carboxylic acids is 4. The first-order valence-electron chi connectivity index (χ1n) is 12.5. The van der Waals surface area contributed by atoms with Crippen LogP contribution >= 0.6 is 0 Å². The van der Waals surface area contributed by atoms with Crippen LogP contribution in [0.4, 0.5) is 10.5 Å². The summed E-state index contributed by atoms with van der Waals surface area (Å²) in [5, 5.41) is 6.74. The summed E-state index contributed by atoms with van der Waals surface area (Å²) in [6, 6.07) is 6.32. The summed E-state index contributed by atoms with van der Waals surface area (Å²) < 4.78 is 5.19. The number of allylic oxidation sites excluding steroid dienone is 1. The van der Waals surface area contributed by atoms with E-state index >= 15 is 0 Å². The maximum atomic E-state index is 12.9. The van der Waals surface area contributed by atoms with E-state index in [0.29, 0.717) is 41.6 Å². The summed E-state index contributed by atoms with van der Waals surface area (Å²) in [6.45, 7) is 2.20. The van der Waals surface area contributed by atoms with Crippen molar-refractivity contribution in [3.8, 4) is 0 Å². The Morgan fingerprint density at radius 3 is 2.69 bits per heavy atom. The van der Waals surface area contributed by atoms with E-state index < -0.39 is 36.0 Å². The van der Waals surface area contributed by atoms with Gasteiger partial charge >= 0.3 is 12.0 Å². The lowest BCUT2D eigenvalue weighted by Crippen LogP contribution is -2.52. The number of rotatable bonds is 8. The molecule has 1 spiro atoms. The number of hydrogen-bond donors (Lipinski definition) is 3. The van der Waals surface area contributed by atoms with Crippen molar-refractivity contribution in [1.82, 2.24) is 15.8 Å². The van der Waals surface area contributed by atoms with Crippen LogP contribution in [0.15, 0.2) is 35.9 Å². The van der Waals surface area contributed by atoms with Crippen molar-refractivity contribution in [2.24, 2.45) is 5.92 Å². The highest BCUT2D eigenvalue weighted by Gasteiger charge is 2.52.